The summed E-state index contributed by atoms with van der Waals surface area (Å²) in [6, 6.07) is 13.8. The fourth-order valence-electron chi connectivity index (χ4n) is 2.07. The van der Waals surface area contributed by atoms with E-state index in [0.717, 1.165) is 10.3 Å². The molecule has 0 aliphatic rings. The molecule has 1 aromatic heterocycles. The maximum atomic E-state index is 12.4. The molecule has 2 aromatic carbocycles. The van der Waals surface area contributed by atoms with Crippen LogP contribution in [0.1, 0.15) is 10.4 Å². The lowest BCUT2D eigenvalue weighted by molar-refractivity contribution is 0.0697. The number of hydrogen-bond acceptors (Lipinski definition) is 3. The lowest BCUT2D eigenvalue weighted by Crippen LogP contribution is -2.04. The highest BCUT2D eigenvalue weighted by Crippen LogP contribution is 2.23. The Labute approximate surface area is 118 Å². The minimum Gasteiger partial charge on any atom is -0.478 e. The summed E-state index contributed by atoms with van der Waals surface area (Å²) in [7, 11) is 0. The average Bonchev–Trinajstić information content (AvgIpc) is 2.48. The number of carboxylic acids is 1. The first-order valence-electron chi connectivity index (χ1n) is 6.01. The molecule has 4 heteroatoms. The maximum absolute atomic E-state index is 12.4. The molecule has 1 heterocycles. The molecular formula is C16H10O3S. The highest BCUT2D eigenvalue weighted by Gasteiger charge is 2.08. The summed E-state index contributed by atoms with van der Waals surface area (Å²) >= 11 is 1.51. The molecule has 0 aliphatic heterocycles. The van der Waals surface area contributed by atoms with Crippen LogP contribution in [0.15, 0.2) is 58.7 Å². The number of carboxylic acid groups (broad SMARTS) is 1. The third-order valence-corrected chi connectivity index (χ3v) is 4.09. The van der Waals surface area contributed by atoms with Crippen molar-refractivity contribution in [2.24, 2.45) is 0 Å². The summed E-state index contributed by atoms with van der Waals surface area (Å²) in [5, 5.41) is 11.4. The predicted molar refractivity (Wildman–Crippen MR) is 80.5 cm³/mol. The normalized spacial score (nSPS) is 10.6. The molecule has 0 unspecified atom stereocenters. The third-order valence-electron chi connectivity index (χ3n) is 3.12. The van der Waals surface area contributed by atoms with Crippen LogP contribution in [-0.4, -0.2) is 11.1 Å². The van der Waals surface area contributed by atoms with Gasteiger partial charge in [-0.2, -0.15) is 0 Å². The van der Waals surface area contributed by atoms with Gasteiger partial charge < -0.3 is 5.11 Å². The largest absolute Gasteiger partial charge is 0.478 e. The number of fused-ring (bicyclic) bond motifs is 1. The van der Waals surface area contributed by atoms with E-state index in [2.05, 4.69) is 0 Å². The van der Waals surface area contributed by atoms with Crippen LogP contribution in [0.4, 0.5) is 0 Å². The fourth-order valence-corrected chi connectivity index (χ4v) is 3.00. The van der Waals surface area contributed by atoms with Crippen molar-refractivity contribution in [3.05, 3.63) is 69.7 Å². The first-order valence-corrected chi connectivity index (χ1v) is 6.89. The number of benzene rings is 2. The number of carbonyl (C=O) groups is 1. The van der Waals surface area contributed by atoms with Gasteiger partial charge in [0.15, 0.2) is 5.43 Å². The van der Waals surface area contributed by atoms with Crippen LogP contribution in [0.2, 0.25) is 0 Å². The van der Waals surface area contributed by atoms with Crippen LogP contribution in [0.25, 0.3) is 21.2 Å². The molecule has 20 heavy (non-hydrogen) atoms. The highest BCUT2D eigenvalue weighted by molar-refractivity contribution is 7.16. The smallest absolute Gasteiger partial charge is 0.335 e. The summed E-state index contributed by atoms with van der Waals surface area (Å²) in [5.41, 5.74) is 1.53. The summed E-state index contributed by atoms with van der Waals surface area (Å²) < 4.78 is 0.948. The van der Waals surface area contributed by atoms with Crippen molar-refractivity contribution in [3.63, 3.8) is 0 Å². The monoisotopic (exact) mass is 282 g/mol. The Balaban J connectivity index is 2.17. The van der Waals surface area contributed by atoms with E-state index in [4.69, 9.17) is 5.11 Å². The van der Waals surface area contributed by atoms with E-state index in [1.165, 1.54) is 23.5 Å². The van der Waals surface area contributed by atoms with Crippen LogP contribution in [0.5, 0.6) is 0 Å². The van der Waals surface area contributed by atoms with Crippen LogP contribution < -0.4 is 5.43 Å². The SMILES string of the molecule is O=C(O)c1ccc(-c2csc3ccccc3c2=O)cc1. The second-order valence-corrected chi connectivity index (χ2v) is 5.27. The molecule has 0 bridgehead atoms. The molecule has 0 aliphatic carbocycles. The van der Waals surface area contributed by atoms with E-state index in [0.29, 0.717) is 10.9 Å². The predicted octanol–water partition coefficient (Wildman–Crippen LogP) is 3.63. The molecule has 3 rings (SSSR count). The van der Waals surface area contributed by atoms with Gasteiger partial charge in [0, 0.05) is 21.0 Å². The zero-order valence-electron chi connectivity index (χ0n) is 10.4. The van der Waals surface area contributed by atoms with Crippen LogP contribution in [-0.2, 0) is 0 Å². The van der Waals surface area contributed by atoms with E-state index < -0.39 is 5.97 Å². The van der Waals surface area contributed by atoms with Gasteiger partial charge in [0.1, 0.15) is 0 Å². The van der Waals surface area contributed by atoms with E-state index in [9.17, 15) is 9.59 Å². The van der Waals surface area contributed by atoms with Crippen LogP contribution in [0.3, 0.4) is 0 Å². The van der Waals surface area contributed by atoms with Gasteiger partial charge in [-0.1, -0.05) is 24.3 Å². The number of aromatic carboxylic acids is 1. The lowest BCUT2D eigenvalue weighted by atomic mass is 10.0. The second-order valence-electron chi connectivity index (χ2n) is 4.36. The molecule has 0 fully saturated rings. The van der Waals surface area contributed by atoms with E-state index in [1.54, 1.807) is 12.1 Å². The quantitative estimate of drug-likeness (QED) is 0.781. The zero-order valence-corrected chi connectivity index (χ0v) is 11.2. The van der Waals surface area contributed by atoms with Gasteiger partial charge in [0.25, 0.3) is 0 Å². The van der Waals surface area contributed by atoms with E-state index >= 15 is 0 Å². The van der Waals surface area contributed by atoms with Crippen molar-refractivity contribution in [2.75, 3.05) is 0 Å². The molecule has 0 spiro atoms. The summed E-state index contributed by atoms with van der Waals surface area (Å²) in [5.74, 6) is -0.972. The maximum Gasteiger partial charge on any atom is 0.335 e. The Hall–Kier alpha value is -2.46. The third kappa shape index (κ3) is 2.10. The van der Waals surface area contributed by atoms with Gasteiger partial charge in [-0.05, 0) is 29.8 Å². The minimum atomic E-state index is -0.972. The van der Waals surface area contributed by atoms with Gasteiger partial charge in [0.2, 0.25) is 0 Å². The number of hydrogen-bond donors (Lipinski definition) is 1. The molecule has 0 atom stereocenters. The Morgan fingerprint density at radius 1 is 1.00 bits per heavy atom. The molecule has 1 N–H and O–H groups in total. The number of rotatable bonds is 2. The van der Waals surface area contributed by atoms with Crippen molar-refractivity contribution in [3.8, 4) is 11.1 Å². The first-order chi connectivity index (χ1) is 9.66. The molecule has 98 valence electrons. The van der Waals surface area contributed by atoms with Gasteiger partial charge >= 0.3 is 5.97 Å². The first kappa shape index (κ1) is 12.6. The van der Waals surface area contributed by atoms with Crippen molar-refractivity contribution in [1.29, 1.82) is 0 Å². The summed E-state index contributed by atoms with van der Waals surface area (Å²) in [6.45, 7) is 0. The van der Waals surface area contributed by atoms with Gasteiger partial charge in [0.05, 0.1) is 5.56 Å². The molecule has 0 amide bonds. The Morgan fingerprint density at radius 2 is 1.70 bits per heavy atom. The molecule has 3 nitrogen and oxygen atoms in total. The summed E-state index contributed by atoms with van der Waals surface area (Å²) in [4.78, 5) is 23.3. The van der Waals surface area contributed by atoms with Crippen molar-refractivity contribution in [2.45, 2.75) is 0 Å². The Kier molecular flexibility index (Phi) is 3.08. The average molecular weight is 282 g/mol. The Morgan fingerprint density at radius 3 is 2.40 bits per heavy atom. The zero-order chi connectivity index (χ0) is 14.1. The topological polar surface area (TPSA) is 54.4 Å². The lowest BCUT2D eigenvalue weighted by Gasteiger charge is -2.03. The molecular weight excluding hydrogens is 272 g/mol. The fraction of sp³-hybridized carbons (Fsp3) is 0. The standard InChI is InChI=1S/C16H10O3S/c17-15-12-3-1-2-4-14(12)20-9-13(15)10-5-7-11(8-6-10)16(18)19/h1-9H,(H,18,19). The van der Waals surface area contributed by atoms with Gasteiger partial charge in [-0.25, -0.2) is 4.79 Å². The molecule has 0 saturated carbocycles. The van der Waals surface area contributed by atoms with Crippen LogP contribution in [0, 0.1) is 0 Å². The van der Waals surface area contributed by atoms with Crippen molar-refractivity contribution < 1.29 is 9.90 Å². The van der Waals surface area contributed by atoms with Gasteiger partial charge in [-0.3, -0.25) is 4.79 Å². The molecule has 0 radical (unpaired) electrons. The van der Waals surface area contributed by atoms with Gasteiger partial charge in [-0.15, -0.1) is 11.3 Å². The van der Waals surface area contributed by atoms with Crippen LogP contribution >= 0.6 is 11.3 Å². The summed E-state index contributed by atoms with van der Waals surface area (Å²) in [6.07, 6.45) is 0. The highest BCUT2D eigenvalue weighted by atomic mass is 32.1. The molecule has 0 saturated heterocycles. The Bertz CT molecular complexity index is 847. The minimum absolute atomic E-state index is 0.0255. The van der Waals surface area contributed by atoms with Crippen molar-refractivity contribution >= 4 is 27.4 Å². The van der Waals surface area contributed by atoms with E-state index in [-0.39, 0.29) is 11.0 Å². The van der Waals surface area contributed by atoms with E-state index in [1.807, 2.05) is 29.6 Å². The molecule has 3 aromatic rings. The van der Waals surface area contributed by atoms with Crippen molar-refractivity contribution in [1.82, 2.24) is 0 Å². The second kappa shape index (κ2) is 4.90.